The largest absolute Gasteiger partial charge is 0.457 e. The van der Waals surface area contributed by atoms with Crippen molar-refractivity contribution < 1.29 is 9.84 Å². The van der Waals surface area contributed by atoms with Gasteiger partial charge in [-0.1, -0.05) is 0 Å². The number of benzene rings is 1. The highest BCUT2D eigenvalue weighted by Crippen LogP contribution is 2.31. The van der Waals surface area contributed by atoms with Crippen molar-refractivity contribution >= 4 is 22.7 Å². The maximum Gasteiger partial charge on any atom is 0.158 e. The molecule has 1 saturated heterocycles. The van der Waals surface area contributed by atoms with Crippen LogP contribution in [0.15, 0.2) is 61.4 Å². The molecule has 0 amide bonds. The molecule has 178 valence electrons. The van der Waals surface area contributed by atoms with Gasteiger partial charge in [0.05, 0.1) is 5.60 Å². The number of pyridine rings is 1. The molecular formula is C25H26N8O2. The Balaban J connectivity index is 1.23. The van der Waals surface area contributed by atoms with Crippen molar-refractivity contribution in [1.82, 2.24) is 34.1 Å². The smallest absolute Gasteiger partial charge is 0.158 e. The van der Waals surface area contributed by atoms with E-state index >= 15 is 0 Å². The molecule has 1 aromatic carbocycles. The Hall–Kier alpha value is -4.02. The number of aryl methyl sites for hydroxylation is 1. The molecule has 1 aliphatic rings. The SMILES string of the molecule is Cc1cc(Nc2ncnn3ccc(CN4CCC(C)(O)C4)c23)ccc1Oc1ccn2ncnc2c1. The fourth-order valence-corrected chi connectivity index (χ4v) is 4.62. The topological polar surface area (TPSA) is 105 Å². The van der Waals surface area contributed by atoms with Gasteiger partial charge in [-0.05, 0) is 61.7 Å². The van der Waals surface area contributed by atoms with Crippen LogP contribution in [-0.2, 0) is 6.54 Å². The zero-order valence-electron chi connectivity index (χ0n) is 19.6. The first kappa shape index (κ1) is 21.5. The van der Waals surface area contributed by atoms with Crippen LogP contribution in [-0.4, -0.2) is 57.9 Å². The minimum Gasteiger partial charge on any atom is -0.457 e. The van der Waals surface area contributed by atoms with Crippen molar-refractivity contribution in [2.24, 2.45) is 0 Å². The number of fused-ring (bicyclic) bond motifs is 2. The highest BCUT2D eigenvalue weighted by atomic mass is 16.5. The van der Waals surface area contributed by atoms with Crippen LogP contribution in [0.4, 0.5) is 11.5 Å². The van der Waals surface area contributed by atoms with Gasteiger partial charge in [-0.25, -0.2) is 19.0 Å². The lowest BCUT2D eigenvalue weighted by Gasteiger charge is -2.19. The standard InChI is InChI=1S/C25H26N8O2/c1-17-11-19(3-4-21(17)35-20-6-9-32-22(12-20)26-15-28-32)30-24-23-18(5-8-33(23)29-16-27-24)13-31-10-7-25(2,34)14-31/h3-6,8-9,11-12,15-16,34H,7,10,13-14H2,1-2H3,(H,27,29,30). The van der Waals surface area contributed by atoms with Crippen LogP contribution in [0.5, 0.6) is 11.5 Å². The van der Waals surface area contributed by atoms with Gasteiger partial charge in [-0.15, -0.1) is 0 Å². The Morgan fingerprint density at radius 2 is 1.89 bits per heavy atom. The molecule has 5 heterocycles. The van der Waals surface area contributed by atoms with Crippen molar-refractivity contribution in [2.75, 3.05) is 18.4 Å². The Bertz CT molecular complexity index is 1520. The first-order valence-corrected chi connectivity index (χ1v) is 11.5. The minimum absolute atomic E-state index is 0.629. The number of hydrogen-bond acceptors (Lipinski definition) is 8. The number of aromatic nitrogens is 6. The molecule has 0 saturated carbocycles. The van der Waals surface area contributed by atoms with Crippen molar-refractivity contribution in [3.05, 3.63) is 72.6 Å². The van der Waals surface area contributed by atoms with Gasteiger partial charge in [0, 0.05) is 43.8 Å². The van der Waals surface area contributed by atoms with E-state index in [4.69, 9.17) is 4.74 Å². The summed E-state index contributed by atoms with van der Waals surface area (Å²) >= 11 is 0. The first-order chi connectivity index (χ1) is 16.9. The van der Waals surface area contributed by atoms with Crippen LogP contribution in [0.1, 0.15) is 24.5 Å². The number of nitrogens with one attached hydrogen (secondary N) is 1. The number of likely N-dealkylation sites (tertiary alicyclic amines) is 1. The molecule has 0 spiro atoms. The lowest BCUT2D eigenvalue weighted by molar-refractivity contribution is 0.0679. The van der Waals surface area contributed by atoms with Crippen LogP contribution >= 0.6 is 0 Å². The predicted octanol–water partition coefficient (Wildman–Crippen LogP) is 3.57. The van der Waals surface area contributed by atoms with E-state index in [2.05, 4.69) is 36.4 Å². The Kier molecular flexibility index (Phi) is 5.12. The van der Waals surface area contributed by atoms with E-state index in [1.807, 2.05) is 61.1 Å². The number of β-amino-alcohol motifs (C(OH)–C–C–N with tert-alkyl or cyclic N) is 1. The molecule has 10 nitrogen and oxygen atoms in total. The molecule has 4 aromatic heterocycles. The number of rotatable bonds is 6. The summed E-state index contributed by atoms with van der Waals surface area (Å²) in [6.07, 6.45) is 7.60. The van der Waals surface area contributed by atoms with E-state index in [-0.39, 0.29) is 0 Å². The quantitative estimate of drug-likeness (QED) is 0.388. The summed E-state index contributed by atoms with van der Waals surface area (Å²) in [5.41, 5.74) is 4.03. The average Bonchev–Trinajstić information content (AvgIpc) is 3.54. The van der Waals surface area contributed by atoms with Crippen molar-refractivity contribution in [2.45, 2.75) is 32.4 Å². The fourth-order valence-electron chi connectivity index (χ4n) is 4.62. The van der Waals surface area contributed by atoms with Gasteiger partial charge in [0.15, 0.2) is 11.5 Å². The van der Waals surface area contributed by atoms with Crippen LogP contribution in [0.3, 0.4) is 0 Å². The third-order valence-corrected chi connectivity index (χ3v) is 6.38. The van der Waals surface area contributed by atoms with Gasteiger partial charge >= 0.3 is 0 Å². The Morgan fingerprint density at radius 3 is 2.71 bits per heavy atom. The highest BCUT2D eigenvalue weighted by Gasteiger charge is 2.31. The van der Waals surface area contributed by atoms with E-state index < -0.39 is 5.60 Å². The maximum absolute atomic E-state index is 10.3. The van der Waals surface area contributed by atoms with Crippen LogP contribution in [0, 0.1) is 6.92 Å². The highest BCUT2D eigenvalue weighted by molar-refractivity contribution is 5.76. The number of hydrogen-bond donors (Lipinski definition) is 2. The summed E-state index contributed by atoms with van der Waals surface area (Å²) in [5, 5.41) is 22.3. The van der Waals surface area contributed by atoms with E-state index in [9.17, 15) is 5.11 Å². The van der Waals surface area contributed by atoms with E-state index in [1.165, 1.54) is 6.33 Å². The zero-order chi connectivity index (χ0) is 24.0. The maximum atomic E-state index is 10.3. The Morgan fingerprint density at radius 1 is 1.06 bits per heavy atom. The third-order valence-electron chi connectivity index (χ3n) is 6.38. The summed E-state index contributed by atoms with van der Waals surface area (Å²) in [5.74, 6) is 2.19. The Labute approximate surface area is 201 Å². The molecule has 0 radical (unpaired) electrons. The van der Waals surface area contributed by atoms with Crippen LogP contribution < -0.4 is 10.1 Å². The second-order valence-electron chi connectivity index (χ2n) is 9.33. The van der Waals surface area contributed by atoms with Crippen LogP contribution in [0.25, 0.3) is 11.2 Å². The lowest BCUT2D eigenvalue weighted by atomic mass is 10.1. The molecule has 1 unspecified atom stereocenters. The number of ether oxygens (including phenoxy) is 1. The number of aliphatic hydroxyl groups is 1. The summed E-state index contributed by atoms with van der Waals surface area (Å²) in [6, 6.07) is 11.7. The molecule has 1 aliphatic heterocycles. The average molecular weight is 471 g/mol. The predicted molar refractivity (Wildman–Crippen MR) is 131 cm³/mol. The summed E-state index contributed by atoms with van der Waals surface area (Å²) in [6.45, 7) is 6.16. The molecule has 0 bridgehead atoms. The zero-order valence-corrected chi connectivity index (χ0v) is 19.6. The summed E-state index contributed by atoms with van der Waals surface area (Å²) in [7, 11) is 0. The normalized spacial score (nSPS) is 18.5. The second kappa shape index (κ2) is 8.33. The molecule has 0 aliphatic carbocycles. The van der Waals surface area contributed by atoms with Gasteiger partial charge in [-0.3, -0.25) is 4.90 Å². The van der Waals surface area contributed by atoms with E-state index in [0.29, 0.717) is 12.3 Å². The van der Waals surface area contributed by atoms with Gasteiger partial charge in [-0.2, -0.15) is 10.2 Å². The van der Waals surface area contributed by atoms with Crippen molar-refractivity contribution in [3.63, 3.8) is 0 Å². The van der Waals surface area contributed by atoms with Gasteiger partial charge in [0.1, 0.15) is 29.7 Å². The van der Waals surface area contributed by atoms with Crippen molar-refractivity contribution in [3.8, 4) is 11.5 Å². The summed E-state index contributed by atoms with van der Waals surface area (Å²) in [4.78, 5) is 11.0. The molecule has 10 heteroatoms. The minimum atomic E-state index is -0.629. The molecule has 5 aromatic rings. The lowest BCUT2D eigenvalue weighted by Crippen LogP contribution is -2.29. The monoisotopic (exact) mass is 470 g/mol. The third kappa shape index (κ3) is 4.29. The van der Waals surface area contributed by atoms with Crippen LogP contribution in [0.2, 0.25) is 0 Å². The number of nitrogens with zero attached hydrogens (tertiary/aromatic N) is 7. The first-order valence-electron chi connectivity index (χ1n) is 11.5. The van der Waals surface area contributed by atoms with Crippen molar-refractivity contribution in [1.29, 1.82) is 0 Å². The second-order valence-corrected chi connectivity index (χ2v) is 9.33. The molecule has 1 fully saturated rings. The van der Waals surface area contributed by atoms with Gasteiger partial charge in [0.25, 0.3) is 0 Å². The van der Waals surface area contributed by atoms with E-state index in [1.54, 1.807) is 10.8 Å². The molecule has 2 N–H and O–H groups in total. The van der Waals surface area contributed by atoms with E-state index in [0.717, 1.165) is 59.1 Å². The summed E-state index contributed by atoms with van der Waals surface area (Å²) < 4.78 is 9.62. The van der Waals surface area contributed by atoms with Gasteiger partial charge in [0.2, 0.25) is 0 Å². The number of anilines is 2. The fraction of sp³-hybridized carbons (Fsp3) is 0.280. The molecule has 1 atom stereocenters. The molecule has 35 heavy (non-hydrogen) atoms. The molecule has 6 rings (SSSR count). The van der Waals surface area contributed by atoms with Gasteiger partial charge < -0.3 is 15.2 Å². The molecular weight excluding hydrogens is 444 g/mol.